The van der Waals surface area contributed by atoms with Gasteiger partial charge in [0.25, 0.3) is 0 Å². The molecule has 3 N–H and O–H groups in total. The molecule has 0 unspecified atom stereocenters. The highest BCUT2D eigenvalue weighted by atomic mass is 16.4. The predicted octanol–water partition coefficient (Wildman–Crippen LogP) is 7.32. The average molecular weight is 556 g/mol. The van der Waals surface area contributed by atoms with E-state index in [0.29, 0.717) is 13.0 Å². The SMILES string of the molecule is CCCCCCCCN(CCCCCCCC)NC(=O)CCCCCCCN(CCO)CCCCCC(=O)O. The quantitative estimate of drug-likeness (QED) is 0.0613. The average Bonchev–Trinajstić information content (AvgIpc) is 2.91. The summed E-state index contributed by atoms with van der Waals surface area (Å²) in [4.78, 5) is 25.5. The Balaban J connectivity index is 4.06. The summed E-state index contributed by atoms with van der Waals surface area (Å²) in [5.74, 6) is -0.553. The maximum absolute atomic E-state index is 12.6. The van der Waals surface area contributed by atoms with Gasteiger partial charge in [0, 0.05) is 32.5 Å². The number of amides is 1. The van der Waals surface area contributed by atoms with Gasteiger partial charge in [-0.25, -0.2) is 5.01 Å². The molecule has 1 amide bonds. The van der Waals surface area contributed by atoms with Crippen molar-refractivity contribution in [1.82, 2.24) is 15.3 Å². The molecule has 0 atom stereocenters. The number of aliphatic hydroxyl groups is 1. The molecule has 0 aliphatic rings. The van der Waals surface area contributed by atoms with Crippen LogP contribution in [-0.4, -0.2) is 71.3 Å². The van der Waals surface area contributed by atoms with Crippen LogP contribution in [0.1, 0.15) is 155 Å². The van der Waals surface area contributed by atoms with Crippen molar-refractivity contribution in [2.75, 3.05) is 39.3 Å². The van der Waals surface area contributed by atoms with Gasteiger partial charge in [-0.05, 0) is 51.6 Å². The molecule has 7 nitrogen and oxygen atoms in total. The van der Waals surface area contributed by atoms with E-state index >= 15 is 0 Å². The second kappa shape index (κ2) is 29.8. The lowest BCUT2D eigenvalue weighted by Gasteiger charge is -2.23. The molecule has 0 aliphatic carbocycles. The molecule has 232 valence electrons. The zero-order valence-electron chi connectivity index (χ0n) is 25.9. The first kappa shape index (κ1) is 37.8. The van der Waals surface area contributed by atoms with Crippen molar-refractivity contribution in [2.45, 2.75) is 155 Å². The summed E-state index contributed by atoms with van der Waals surface area (Å²) in [5.41, 5.74) is 3.22. The van der Waals surface area contributed by atoms with E-state index in [-0.39, 0.29) is 18.9 Å². The van der Waals surface area contributed by atoms with Crippen molar-refractivity contribution in [1.29, 1.82) is 0 Å². The third-order valence-electron chi connectivity index (χ3n) is 7.51. The minimum Gasteiger partial charge on any atom is -0.481 e. The van der Waals surface area contributed by atoms with E-state index in [0.717, 1.165) is 90.4 Å². The zero-order chi connectivity index (χ0) is 28.8. The Labute approximate surface area is 241 Å². The van der Waals surface area contributed by atoms with Gasteiger partial charge in [-0.3, -0.25) is 15.0 Å². The molecule has 0 aromatic rings. The highest BCUT2D eigenvalue weighted by molar-refractivity contribution is 5.75. The minimum absolute atomic E-state index is 0.166. The van der Waals surface area contributed by atoms with Crippen molar-refractivity contribution >= 4 is 11.9 Å². The molecule has 0 rings (SSSR count). The van der Waals surface area contributed by atoms with Gasteiger partial charge < -0.3 is 15.1 Å². The fraction of sp³-hybridized carbons (Fsp3) is 0.938. The first-order valence-corrected chi connectivity index (χ1v) is 16.6. The van der Waals surface area contributed by atoms with Gasteiger partial charge in [-0.1, -0.05) is 104 Å². The van der Waals surface area contributed by atoms with Crippen LogP contribution in [0, 0.1) is 0 Å². The van der Waals surface area contributed by atoms with Crippen LogP contribution in [0.4, 0.5) is 0 Å². The molecule has 0 spiro atoms. The Kier molecular flexibility index (Phi) is 28.9. The van der Waals surface area contributed by atoms with E-state index in [1.54, 1.807) is 0 Å². The number of hydrazine groups is 1. The Hall–Kier alpha value is -1.18. The van der Waals surface area contributed by atoms with Crippen LogP contribution < -0.4 is 5.43 Å². The number of unbranched alkanes of at least 4 members (excludes halogenated alkanes) is 16. The highest BCUT2D eigenvalue weighted by Gasteiger charge is 2.10. The van der Waals surface area contributed by atoms with E-state index in [9.17, 15) is 14.7 Å². The van der Waals surface area contributed by atoms with Gasteiger partial charge in [0.05, 0.1) is 6.61 Å². The van der Waals surface area contributed by atoms with E-state index in [1.165, 1.54) is 64.2 Å². The first-order valence-electron chi connectivity index (χ1n) is 16.6. The molecule has 0 saturated carbocycles. The largest absolute Gasteiger partial charge is 0.481 e. The Morgan fingerprint density at radius 3 is 1.44 bits per heavy atom. The topological polar surface area (TPSA) is 93.1 Å². The van der Waals surface area contributed by atoms with Crippen LogP contribution in [0.5, 0.6) is 0 Å². The Morgan fingerprint density at radius 2 is 0.949 bits per heavy atom. The van der Waals surface area contributed by atoms with Crippen molar-refractivity contribution < 1.29 is 19.8 Å². The molecule has 0 fully saturated rings. The lowest BCUT2D eigenvalue weighted by molar-refractivity contribution is -0.137. The number of aliphatic carboxylic acids is 1. The summed E-state index contributed by atoms with van der Waals surface area (Å²) in [7, 11) is 0. The lowest BCUT2D eigenvalue weighted by atomic mass is 10.1. The molecular weight excluding hydrogens is 490 g/mol. The molecule has 0 bridgehead atoms. The number of hydrogen-bond acceptors (Lipinski definition) is 5. The van der Waals surface area contributed by atoms with Crippen LogP contribution in [0.3, 0.4) is 0 Å². The number of nitrogens with zero attached hydrogens (tertiary/aromatic N) is 2. The van der Waals surface area contributed by atoms with Crippen LogP contribution in [-0.2, 0) is 9.59 Å². The molecule has 0 aliphatic heterocycles. The van der Waals surface area contributed by atoms with E-state index < -0.39 is 5.97 Å². The van der Waals surface area contributed by atoms with Crippen LogP contribution in [0.25, 0.3) is 0 Å². The molecule has 0 aromatic carbocycles. The first-order chi connectivity index (χ1) is 19.0. The molecule has 39 heavy (non-hydrogen) atoms. The van der Waals surface area contributed by atoms with Crippen molar-refractivity contribution in [2.24, 2.45) is 0 Å². The summed E-state index contributed by atoms with van der Waals surface area (Å²) in [6, 6.07) is 0. The fourth-order valence-corrected chi connectivity index (χ4v) is 5.04. The number of carboxylic acid groups (broad SMARTS) is 1. The number of rotatable bonds is 31. The standard InChI is InChI=1S/C32H65N3O4/c1-3-5-7-9-14-21-27-35(28-22-15-10-8-6-4-2)33-31(37)23-17-12-11-13-19-25-34(29-30-36)26-20-16-18-24-32(38)39/h36H,3-30H2,1-2H3,(H,33,37)(H,38,39). The monoisotopic (exact) mass is 555 g/mol. The number of carboxylic acids is 1. The van der Waals surface area contributed by atoms with Crippen molar-refractivity contribution in [3.05, 3.63) is 0 Å². The van der Waals surface area contributed by atoms with Crippen LogP contribution >= 0.6 is 0 Å². The van der Waals surface area contributed by atoms with E-state index in [2.05, 4.69) is 29.2 Å². The smallest absolute Gasteiger partial charge is 0.303 e. The molecular formula is C32H65N3O4. The third-order valence-corrected chi connectivity index (χ3v) is 7.51. The summed E-state index contributed by atoms with van der Waals surface area (Å²) in [5, 5.41) is 20.3. The summed E-state index contributed by atoms with van der Waals surface area (Å²) in [6.45, 7) is 9.20. The predicted molar refractivity (Wildman–Crippen MR) is 164 cm³/mol. The second-order valence-corrected chi connectivity index (χ2v) is 11.3. The highest BCUT2D eigenvalue weighted by Crippen LogP contribution is 2.10. The third kappa shape index (κ3) is 28.2. The van der Waals surface area contributed by atoms with E-state index in [4.69, 9.17) is 5.11 Å². The molecule has 0 aromatic heterocycles. The molecule has 0 saturated heterocycles. The maximum Gasteiger partial charge on any atom is 0.303 e. The van der Waals surface area contributed by atoms with Crippen LogP contribution in [0.2, 0.25) is 0 Å². The summed E-state index contributed by atoms with van der Waals surface area (Å²) in [6.07, 6.45) is 24.2. The normalized spacial score (nSPS) is 11.5. The summed E-state index contributed by atoms with van der Waals surface area (Å²) < 4.78 is 0. The zero-order valence-corrected chi connectivity index (χ0v) is 25.9. The van der Waals surface area contributed by atoms with Gasteiger partial charge in [-0.15, -0.1) is 0 Å². The number of hydrogen-bond donors (Lipinski definition) is 3. The number of aliphatic hydroxyl groups excluding tert-OH is 1. The van der Waals surface area contributed by atoms with Gasteiger partial charge >= 0.3 is 5.97 Å². The summed E-state index contributed by atoms with van der Waals surface area (Å²) >= 11 is 0. The number of carbonyl (C=O) groups is 2. The minimum atomic E-state index is -0.724. The Bertz CT molecular complexity index is 532. The van der Waals surface area contributed by atoms with Crippen molar-refractivity contribution in [3.63, 3.8) is 0 Å². The number of carbonyl (C=O) groups excluding carboxylic acids is 1. The van der Waals surface area contributed by atoms with E-state index in [1.807, 2.05) is 0 Å². The second-order valence-electron chi connectivity index (χ2n) is 11.3. The lowest BCUT2D eigenvalue weighted by Crippen LogP contribution is -2.43. The molecule has 0 heterocycles. The van der Waals surface area contributed by atoms with Gasteiger partial charge in [0.15, 0.2) is 0 Å². The maximum atomic E-state index is 12.6. The van der Waals surface area contributed by atoms with Gasteiger partial charge in [0.2, 0.25) is 5.91 Å². The fourth-order valence-electron chi connectivity index (χ4n) is 5.04. The number of nitrogens with one attached hydrogen (secondary N) is 1. The molecule has 0 radical (unpaired) electrons. The van der Waals surface area contributed by atoms with Gasteiger partial charge in [0.1, 0.15) is 0 Å². The Morgan fingerprint density at radius 1 is 0.538 bits per heavy atom. The van der Waals surface area contributed by atoms with Crippen molar-refractivity contribution in [3.8, 4) is 0 Å². The molecule has 7 heteroatoms. The van der Waals surface area contributed by atoms with Gasteiger partial charge in [-0.2, -0.15) is 0 Å². The van der Waals surface area contributed by atoms with Crippen LogP contribution in [0.15, 0.2) is 0 Å².